The molecule has 1 fully saturated rings. The van der Waals surface area contributed by atoms with Gasteiger partial charge in [0.05, 0.1) is 12.1 Å². The van der Waals surface area contributed by atoms with Crippen LogP contribution < -0.4 is 10.1 Å². The molecule has 176 valence electrons. The summed E-state index contributed by atoms with van der Waals surface area (Å²) in [5.74, 6) is -2.22. The first-order valence-electron chi connectivity index (χ1n) is 11.0. The Morgan fingerprint density at radius 1 is 1.31 bits per heavy atom. The summed E-state index contributed by atoms with van der Waals surface area (Å²) in [5.41, 5.74) is 0.958. The van der Waals surface area contributed by atoms with E-state index in [1.807, 2.05) is 6.92 Å². The number of amides is 1. The number of nitrogens with one attached hydrogen (secondary N) is 1. The van der Waals surface area contributed by atoms with Gasteiger partial charge in [0.1, 0.15) is 10.0 Å². The summed E-state index contributed by atoms with van der Waals surface area (Å²) in [7, 11) is 0. The maximum atomic E-state index is 13.0. The number of aryl methyl sites for hydroxylation is 1. The molecule has 32 heavy (non-hydrogen) atoms. The van der Waals surface area contributed by atoms with E-state index < -0.39 is 12.5 Å². The third kappa shape index (κ3) is 6.64. The molecule has 1 N–H and O–H groups in total. The van der Waals surface area contributed by atoms with E-state index in [1.165, 1.54) is 22.7 Å². The zero-order chi connectivity index (χ0) is 22.7. The van der Waals surface area contributed by atoms with Crippen molar-refractivity contribution in [3.63, 3.8) is 0 Å². The lowest BCUT2D eigenvalue weighted by molar-refractivity contribution is -0.121. The zero-order valence-electron chi connectivity index (χ0n) is 18.4. The number of aromatic nitrogens is 3. The Kier molecular flexibility index (Phi) is 7.36. The number of hydrogen-bond donors (Lipinski definition) is 1. The number of nitrogens with zero attached hydrogens (tertiary/aromatic N) is 4. The van der Waals surface area contributed by atoms with Gasteiger partial charge >= 0.3 is 0 Å². The Morgan fingerprint density at radius 3 is 2.91 bits per heavy atom. The number of fused-ring (bicyclic) bond motifs is 1. The predicted molar refractivity (Wildman–Crippen MR) is 119 cm³/mol. The third-order valence-corrected chi connectivity index (χ3v) is 7.78. The SMILES string of the molecule is Cc1nnc(CC(=O)N[C@H]2CC[C@H](CCN3CCc4sc(OCC(C)(F)F)nc4C3)C2)s1. The summed E-state index contributed by atoms with van der Waals surface area (Å²) in [6.07, 6.45) is 5.44. The second kappa shape index (κ2) is 10.0. The molecule has 0 aromatic carbocycles. The number of hydrogen-bond acceptors (Lipinski definition) is 8. The molecule has 2 aliphatic rings. The highest BCUT2D eigenvalue weighted by molar-refractivity contribution is 7.13. The Hall–Kier alpha value is -1.72. The van der Waals surface area contributed by atoms with Gasteiger partial charge in [-0.25, -0.2) is 13.8 Å². The van der Waals surface area contributed by atoms with Crippen molar-refractivity contribution < 1.29 is 18.3 Å². The topological polar surface area (TPSA) is 80.2 Å². The number of rotatable bonds is 9. The van der Waals surface area contributed by atoms with Gasteiger partial charge in [-0.2, -0.15) is 0 Å². The molecule has 0 unspecified atom stereocenters. The summed E-state index contributed by atoms with van der Waals surface area (Å²) >= 11 is 2.85. The lowest BCUT2D eigenvalue weighted by atomic mass is 10.0. The second-order valence-corrected chi connectivity index (χ2v) is 11.2. The average Bonchev–Trinajstić information content (AvgIpc) is 3.43. The molecule has 3 heterocycles. The fraction of sp³-hybridized carbons (Fsp3) is 0.714. The van der Waals surface area contributed by atoms with Gasteiger partial charge in [0.2, 0.25) is 5.91 Å². The normalized spacial score (nSPS) is 21.5. The molecule has 7 nitrogen and oxygen atoms in total. The van der Waals surface area contributed by atoms with Crippen molar-refractivity contribution in [3.05, 3.63) is 20.6 Å². The van der Waals surface area contributed by atoms with Crippen LogP contribution in [0.2, 0.25) is 0 Å². The average molecular weight is 486 g/mol. The Bertz CT molecular complexity index is 930. The number of carbonyl (C=O) groups excluding carboxylic acids is 1. The Morgan fingerprint density at radius 2 is 2.16 bits per heavy atom. The van der Waals surface area contributed by atoms with Crippen LogP contribution in [-0.2, 0) is 24.2 Å². The van der Waals surface area contributed by atoms with E-state index in [4.69, 9.17) is 4.74 Å². The number of ether oxygens (including phenoxy) is 1. The van der Waals surface area contributed by atoms with Crippen molar-refractivity contribution in [2.45, 2.75) is 70.9 Å². The van der Waals surface area contributed by atoms with Crippen LogP contribution >= 0.6 is 22.7 Å². The largest absolute Gasteiger partial charge is 0.464 e. The maximum absolute atomic E-state index is 13.0. The smallest absolute Gasteiger partial charge is 0.278 e. The van der Waals surface area contributed by atoms with Crippen LogP contribution in [0.3, 0.4) is 0 Å². The molecule has 2 atom stereocenters. The van der Waals surface area contributed by atoms with E-state index in [9.17, 15) is 13.6 Å². The molecule has 4 rings (SSSR count). The van der Waals surface area contributed by atoms with E-state index in [-0.39, 0.29) is 11.9 Å². The van der Waals surface area contributed by atoms with Gasteiger partial charge in [-0.3, -0.25) is 9.69 Å². The highest BCUT2D eigenvalue weighted by Crippen LogP contribution is 2.32. The molecular weight excluding hydrogens is 456 g/mol. The molecule has 2 aromatic rings. The van der Waals surface area contributed by atoms with Crippen LogP contribution in [0.5, 0.6) is 5.19 Å². The number of thiazole rings is 1. The van der Waals surface area contributed by atoms with Crippen molar-refractivity contribution in [2.24, 2.45) is 5.92 Å². The van der Waals surface area contributed by atoms with Gasteiger partial charge in [0.25, 0.3) is 11.1 Å². The molecule has 1 amide bonds. The standard InChI is InChI=1S/C21H29F2N5O2S2/c1-13-26-27-19(31-13)10-18(29)24-15-4-3-14(9-15)5-7-28-8-6-17-16(11-28)25-20(32-17)30-12-21(2,22)23/h14-15H,3-12H2,1-2H3,(H,24,29)/t14-,15+/m1/s1. The zero-order valence-corrected chi connectivity index (χ0v) is 20.0. The van der Waals surface area contributed by atoms with Gasteiger partial charge < -0.3 is 10.1 Å². The van der Waals surface area contributed by atoms with Crippen LogP contribution in [0, 0.1) is 12.8 Å². The predicted octanol–water partition coefficient (Wildman–Crippen LogP) is 3.61. The molecule has 1 aliphatic carbocycles. The molecule has 0 bridgehead atoms. The lowest BCUT2D eigenvalue weighted by Gasteiger charge is -2.26. The second-order valence-electron chi connectivity index (χ2n) is 8.86. The minimum atomic E-state index is -2.85. The van der Waals surface area contributed by atoms with Crippen LogP contribution in [0.4, 0.5) is 8.78 Å². The summed E-state index contributed by atoms with van der Waals surface area (Å²) < 4.78 is 31.2. The summed E-state index contributed by atoms with van der Waals surface area (Å²) in [5, 5.41) is 13.1. The maximum Gasteiger partial charge on any atom is 0.278 e. The van der Waals surface area contributed by atoms with Crippen molar-refractivity contribution in [1.82, 2.24) is 25.4 Å². The van der Waals surface area contributed by atoms with Gasteiger partial charge in [-0.1, -0.05) is 11.3 Å². The highest BCUT2D eigenvalue weighted by Gasteiger charge is 2.28. The Balaban J connectivity index is 1.17. The molecule has 1 saturated carbocycles. The lowest BCUT2D eigenvalue weighted by Crippen LogP contribution is -2.34. The summed E-state index contributed by atoms with van der Waals surface area (Å²) in [6, 6.07) is 0.240. The fourth-order valence-electron chi connectivity index (χ4n) is 4.33. The number of halogens is 2. The molecule has 11 heteroatoms. The fourth-order valence-corrected chi connectivity index (χ4v) is 5.94. The molecule has 1 aliphatic heterocycles. The van der Waals surface area contributed by atoms with Gasteiger partial charge in [0, 0.05) is 30.9 Å². The monoisotopic (exact) mass is 485 g/mol. The van der Waals surface area contributed by atoms with E-state index in [1.54, 1.807) is 0 Å². The van der Waals surface area contributed by atoms with Gasteiger partial charge in [-0.15, -0.1) is 21.5 Å². The van der Waals surface area contributed by atoms with Crippen LogP contribution in [-0.4, -0.2) is 57.6 Å². The van der Waals surface area contributed by atoms with Crippen LogP contribution in [0.15, 0.2) is 0 Å². The van der Waals surface area contributed by atoms with E-state index in [0.29, 0.717) is 17.5 Å². The quantitative estimate of drug-likeness (QED) is 0.585. The van der Waals surface area contributed by atoms with Gasteiger partial charge in [-0.05, 0) is 51.5 Å². The van der Waals surface area contributed by atoms with Gasteiger partial charge in [0.15, 0.2) is 6.61 Å². The minimum Gasteiger partial charge on any atom is -0.464 e. The molecule has 0 radical (unpaired) electrons. The van der Waals surface area contributed by atoms with E-state index in [0.717, 1.165) is 79.2 Å². The van der Waals surface area contributed by atoms with Crippen molar-refractivity contribution in [2.75, 3.05) is 19.7 Å². The third-order valence-electron chi connectivity index (χ3n) is 5.88. The first-order valence-corrected chi connectivity index (χ1v) is 12.7. The molecular formula is C21H29F2N5O2S2. The highest BCUT2D eigenvalue weighted by atomic mass is 32.1. The first-order chi connectivity index (χ1) is 15.2. The molecule has 0 saturated heterocycles. The van der Waals surface area contributed by atoms with Crippen molar-refractivity contribution in [1.29, 1.82) is 0 Å². The molecule has 0 spiro atoms. The minimum absolute atomic E-state index is 0.0257. The van der Waals surface area contributed by atoms with Crippen LogP contribution in [0.1, 0.15) is 53.2 Å². The molecule has 2 aromatic heterocycles. The van der Waals surface area contributed by atoms with E-state index >= 15 is 0 Å². The Labute approximate surface area is 194 Å². The van der Waals surface area contributed by atoms with E-state index in [2.05, 4.69) is 25.4 Å². The summed E-state index contributed by atoms with van der Waals surface area (Å²) in [6.45, 7) is 4.77. The van der Waals surface area contributed by atoms with Crippen LogP contribution in [0.25, 0.3) is 0 Å². The first kappa shape index (κ1) is 23.4. The summed E-state index contributed by atoms with van der Waals surface area (Å²) in [4.78, 5) is 20.2. The van der Waals surface area contributed by atoms with Crippen molar-refractivity contribution >= 4 is 28.6 Å². The number of carbonyl (C=O) groups is 1. The number of alkyl halides is 2. The van der Waals surface area contributed by atoms with Crippen molar-refractivity contribution in [3.8, 4) is 5.19 Å².